The summed E-state index contributed by atoms with van der Waals surface area (Å²) in [6.45, 7) is 4.12. The zero-order valence-corrected chi connectivity index (χ0v) is 16.2. The second kappa shape index (κ2) is 7.05. The molecule has 0 atom stereocenters. The van der Waals surface area contributed by atoms with Crippen molar-refractivity contribution < 1.29 is 9.21 Å². The number of benzene rings is 1. The van der Waals surface area contributed by atoms with Crippen LogP contribution in [-0.2, 0) is 12.8 Å². The summed E-state index contributed by atoms with van der Waals surface area (Å²) in [5.41, 5.74) is 5.07. The van der Waals surface area contributed by atoms with Gasteiger partial charge in [0.05, 0.1) is 5.56 Å². The molecule has 0 spiro atoms. The largest absolute Gasteiger partial charge is 0.451 e. The minimum atomic E-state index is -0.319. The van der Waals surface area contributed by atoms with Crippen molar-refractivity contribution in [1.29, 1.82) is 5.26 Å². The Labute approximate surface area is 162 Å². The van der Waals surface area contributed by atoms with Crippen molar-refractivity contribution in [2.75, 3.05) is 5.32 Å². The molecule has 0 radical (unpaired) electrons. The first-order valence-corrected chi connectivity index (χ1v) is 9.92. The van der Waals surface area contributed by atoms with E-state index in [1.165, 1.54) is 27.3 Å². The molecule has 0 fully saturated rings. The number of amides is 1. The number of furan rings is 1. The number of fused-ring (bicyclic) bond motifs is 1. The van der Waals surface area contributed by atoms with E-state index in [4.69, 9.17) is 4.42 Å². The highest BCUT2D eigenvalue weighted by molar-refractivity contribution is 7.16. The molecular weight excluding hydrogens is 356 g/mol. The number of carbonyl (C=O) groups is 1. The summed E-state index contributed by atoms with van der Waals surface area (Å²) in [5, 5.41) is 13.1. The van der Waals surface area contributed by atoms with Gasteiger partial charge in [-0.2, -0.15) is 5.26 Å². The molecule has 0 aliphatic heterocycles. The van der Waals surface area contributed by atoms with E-state index in [2.05, 4.69) is 31.3 Å². The fourth-order valence-electron chi connectivity index (χ4n) is 3.45. The van der Waals surface area contributed by atoms with E-state index in [9.17, 15) is 10.1 Å². The van der Waals surface area contributed by atoms with Crippen LogP contribution in [0.2, 0.25) is 0 Å². The quantitative estimate of drug-likeness (QED) is 0.644. The lowest BCUT2D eigenvalue weighted by Gasteiger charge is -2.09. The first-order valence-electron chi connectivity index (χ1n) is 9.10. The number of nitrogens with zero attached hydrogens (tertiary/aromatic N) is 1. The summed E-state index contributed by atoms with van der Waals surface area (Å²) in [6, 6.07) is 11.8. The SMILES string of the molecule is Cc1ccc(-c2ccc(C(=O)Nc3sc4c(c3C#N)CCCC4)o2)cc1C. The maximum atomic E-state index is 12.7. The van der Waals surface area contributed by atoms with Gasteiger partial charge in [-0.3, -0.25) is 4.79 Å². The van der Waals surface area contributed by atoms with Gasteiger partial charge in [-0.25, -0.2) is 0 Å². The smallest absolute Gasteiger partial charge is 0.292 e. The number of nitriles is 1. The maximum absolute atomic E-state index is 12.7. The fourth-order valence-corrected chi connectivity index (χ4v) is 4.68. The third-order valence-electron chi connectivity index (χ3n) is 5.13. The number of carbonyl (C=O) groups excluding carboxylic acids is 1. The van der Waals surface area contributed by atoms with E-state index >= 15 is 0 Å². The van der Waals surface area contributed by atoms with Crippen LogP contribution >= 0.6 is 11.3 Å². The average Bonchev–Trinajstić information content (AvgIpc) is 3.28. The Morgan fingerprint density at radius 1 is 1.15 bits per heavy atom. The van der Waals surface area contributed by atoms with Gasteiger partial charge in [-0.05, 0) is 74.4 Å². The Morgan fingerprint density at radius 3 is 2.74 bits per heavy atom. The average molecular weight is 376 g/mol. The Morgan fingerprint density at radius 2 is 1.96 bits per heavy atom. The third kappa shape index (κ3) is 3.29. The van der Waals surface area contributed by atoms with Gasteiger partial charge in [0.15, 0.2) is 5.76 Å². The first kappa shape index (κ1) is 17.6. The van der Waals surface area contributed by atoms with Crippen LogP contribution in [0.5, 0.6) is 0 Å². The molecule has 3 aromatic rings. The van der Waals surface area contributed by atoms with Gasteiger partial charge in [0.25, 0.3) is 5.91 Å². The van der Waals surface area contributed by atoms with Crippen molar-refractivity contribution in [3.63, 3.8) is 0 Å². The topological polar surface area (TPSA) is 66.0 Å². The second-order valence-corrected chi connectivity index (χ2v) is 8.05. The molecule has 0 unspecified atom stereocenters. The molecule has 1 aliphatic rings. The first-order chi connectivity index (χ1) is 13.1. The molecule has 4 rings (SSSR count). The molecule has 1 aromatic carbocycles. The summed E-state index contributed by atoms with van der Waals surface area (Å²) in [5.74, 6) is 0.591. The van der Waals surface area contributed by atoms with E-state index in [1.807, 2.05) is 18.2 Å². The van der Waals surface area contributed by atoms with Crippen molar-refractivity contribution in [2.24, 2.45) is 0 Å². The minimum absolute atomic E-state index is 0.249. The lowest BCUT2D eigenvalue weighted by Crippen LogP contribution is -2.10. The van der Waals surface area contributed by atoms with E-state index in [-0.39, 0.29) is 11.7 Å². The Bertz CT molecular complexity index is 1070. The van der Waals surface area contributed by atoms with Crippen molar-refractivity contribution in [2.45, 2.75) is 39.5 Å². The summed E-state index contributed by atoms with van der Waals surface area (Å²) in [7, 11) is 0. The minimum Gasteiger partial charge on any atom is -0.451 e. The van der Waals surface area contributed by atoms with Crippen molar-refractivity contribution in [3.05, 3.63) is 63.2 Å². The summed E-state index contributed by atoms with van der Waals surface area (Å²) >= 11 is 1.52. The molecule has 1 amide bonds. The third-order valence-corrected chi connectivity index (χ3v) is 6.34. The zero-order chi connectivity index (χ0) is 19.0. The van der Waals surface area contributed by atoms with Crippen molar-refractivity contribution in [1.82, 2.24) is 0 Å². The summed E-state index contributed by atoms with van der Waals surface area (Å²) in [6.07, 6.45) is 4.15. The van der Waals surface area contributed by atoms with Gasteiger partial charge in [-0.15, -0.1) is 11.3 Å². The molecule has 0 saturated carbocycles. The molecule has 1 N–H and O–H groups in total. The van der Waals surface area contributed by atoms with Gasteiger partial charge in [-0.1, -0.05) is 12.1 Å². The molecule has 5 heteroatoms. The Kier molecular flexibility index (Phi) is 4.59. The highest BCUT2D eigenvalue weighted by Crippen LogP contribution is 2.38. The number of aryl methyl sites for hydroxylation is 3. The van der Waals surface area contributed by atoms with Crippen LogP contribution in [0.3, 0.4) is 0 Å². The van der Waals surface area contributed by atoms with E-state index < -0.39 is 0 Å². The van der Waals surface area contributed by atoms with Gasteiger partial charge in [0.2, 0.25) is 0 Å². The molecule has 27 heavy (non-hydrogen) atoms. The van der Waals surface area contributed by atoms with Crippen LogP contribution in [0.15, 0.2) is 34.7 Å². The number of hydrogen-bond acceptors (Lipinski definition) is 4. The highest BCUT2D eigenvalue weighted by atomic mass is 32.1. The lowest BCUT2D eigenvalue weighted by atomic mass is 9.96. The molecule has 4 nitrogen and oxygen atoms in total. The Balaban J connectivity index is 1.58. The zero-order valence-electron chi connectivity index (χ0n) is 15.4. The highest BCUT2D eigenvalue weighted by Gasteiger charge is 2.23. The number of hydrogen-bond donors (Lipinski definition) is 1. The monoisotopic (exact) mass is 376 g/mol. The van der Waals surface area contributed by atoms with Gasteiger partial charge in [0, 0.05) is 10.4 Å². The van der Waals surface area contributed by atoms with Crippen LogP contribution in [0, 0.1) is 25.2 Å². The number of thiophene rings is 1. The Hall–Kier alpha value is -2.84. The van der Waals surface area contributed by atoms with Gasteiger partial charge >= 0.3 is 0 Å². The van der Waals surface area contributed by atoms with Gasteiger partial charge < -0.3 is 9.73 Å². The number of nitrogens with one attached hydrogen (secondary N) is 1. The molecule has 136 valence electrons. The van der Waals surface area contributed by atoms with E-state index in [1.54, 1.807) is 6.07 Å². The maximum Gasteiger partial charge on any atom is 0.292 e. The molecule has 0 saturated heterocycles. The van der Waals surface area contributed by atoms with E-state index in [0.717, 1.165) is 36.8 Å². The predicted octanol–water partition coefficient (Wildman–Crippen LogP) is 5.63. The standard InChI is InChI=1S/C22H20N2O2S/c1-13-7-8-15(11-14(13)2)18-9-10-19(26-18)21(25)24-22-17(12-23)16-5-3-4-6-20(16)27-22/h7-11H,3-6H2,1-2H3,(H,24,25). The normalized spacial score (nSPS) is 13.1. The predicted molar refractivity (Wildman–Crippen MR) is 107 cm³/mol. The molecule has 0 bridgehead atoms. The second-order valence-electron chi connectivity index (χ2n) is 6.94. The van der Waals surface area contributed by atoms with Crippen LogP contribution in [0.1, 0.15) is 50.5 Å². The fraction of sp³-hybridized carbons (Fsp3) is 0.273. The molecule has 1 aliphatic carbocycles. The van der Waals surface area contributed by atoms with Crippen LogP contribution < -0.4 is 5.32 Å². The number of rotatable bonds is 3. The molecular formula is C22H20N2O2S. The van der Waals surface area contributed by atoms with E-state index in [0.29, 0.717) is 16.3 Å². The van der Waals surface area contributed by atoms with Crippen LogP contribution in [-0.4, -0.2) is 5.91 Å². The van der Waals surface area contributed by atoms with Crippen molar-refractivity contribution >= 4 is 22.2 Å². The van der Waals surface area contributed by atoms with Crippen molar-refractivity contribution in [3.8, 4) is 17.4 Å². The lowest BCUT2D eigenvalue weighted by molar-refractivity contribution is 0.0998. The van der Waals surface area contributed by atoms with Gasteiger partial charge in [0.1, 0.15) is 16.8 Å². The molecule has 2 aromatic heterocycles. The summed E-state index contributed by atoms with van der Waals surface area (Å²) in [4.78, 5) is 13.9. The van der Waals surface area contributed by atoms with Crippen LogP contribution in [0.4, 0.5) is 5.00 Å². The summed E-state index contributed by atoms with van der Waals surface area (Å²) < 4.78 is 5.78. The molecule has 2 heterocycles. The number of anilines is 1. The van der Waals surface area contributed by atoms with Crippen LogP contribution in [0.25, 0.3) is 11.3 Å².